The molecule has 2 rings (SSSR count). The Morgan fingerprint density at radius 1 is 1.36 bits per heavy atom. The van der Waals surface area contributed by atoms with Crippen molar-refractivity contribution in [1.82, 2.24) is 4.98 Å². The minimum Gasteiger partial charge on any atom is -0.463 e. The Labute approximate surface area is 64.9 Å². The van der Waals surface area contributed by atoms with Crippen LogP contribution in [-0.4, -0.2) is 4.98 Å². The molecule has 56 valence electrons. The summed E-state index contributed by atoms with van der Waals surface area (Å²) in [6.07, 6.45) is 2.64. The Morgan fingerprint density at radius 3 is 3.09 bits per heavy atom. The van der Waals surface area contributed by atoms with E-state index in [4.69, 9.17) is 4.42 Å². The van der Waals surface area contributed by atoms with Gasteiger partial charge >= 0.3 is 0 Å². The van der Waals surface area contributed by atoms with E-state index in [1.165, 1.54) is 0 Å². The van der Waals surface area contributed by atoms with Crippen molar-refractivity contribution in [1.29, 1.82) is 0 Å². The Morgan fingerprint density at radius 2 is 2.27 bits per heavy atom. The van der Waals surface area contributed by atoms with Gasteiger partial charge in [0.05, 0.1) is 6.26 Å². The summed E-state index contributed by atoms with van der Waals surface area (Å²) < 4.78 is 5.15. The van der Waals surface area contributed by atoms with E-state index in [2.05, 4.69) is 11.9 Å². The number of hydrogen-bond donors (Lipinski definition) is 0. The smallest absolute Gasteiger partial charge is 0.152 e. The first-order chi connectivity index (χ1) is 5.40. The van der Waals surface area contributed by atoms with Crippen molar-refractivity contribution in [3.8, 4) is 0 Å². The largest absolute Gasteiger partial charge is 0.463 e. The molecule has 2 heterocycles. The molecule has 0 bridgehead atoms. The molecule has 0 aliphatic heterocycles. The summed E-state index contributed by atoms with van der Waals surface area (Å²) in [4.78, 5) is 4.36. The Balaban J connectivity index is 2.67. The summed E-state index contributed by atoms with van der Waals surface area (Å²) in [5, 5.41) is 0. The highest BCUT2D eigenvalue weighted by Gasteiger charge is 1.97. The van der Waals surface area contributed by atoms with Crippen LogP contribution in [0.1, 0.15) is 12.6 Å². The SMILES string of the molecule is CCc1ccc2occc2n1. The summed E-state index contributed by atoms with van der Waals surface area (Å²) in [7, 11) is 0. The fourth-order valence-electron chi connectivity index (χ4n) is 1.09. The molecular formula is C9H9NO. The van der Waals surface area contributed by atoms with Gasteiger partial charge in [-0.3, -0.25) is 0 Å². The molecule has 0 atom stereocenters. The van der Waals surface area contributed by atoms with E-state index in [1.54, 1.807) is 6.26 Å². The number of fused-ring (bicyclic) bond motifs is 1. The Bertz CT molecular complexity index is 364. The van der Waals surface area contributed by atoms with Crippen molar-refractivity contribution in [2.45, 2.75) is 13.3 Å². The van der Waals surface area contributed by atoms with Crippen LogP contribution in [-0.2, 0) is 6.42 Å². The summed E-state index contributed by atoms with van der Waals surface area (Å²) in [6.45, 7) is 2.09. The predicted octanol–water partition coefficient (Wildman–Crippen LogP) is 2.39. The van der Waals surface area contributed by atoms with Crippen molar-refractivity contribution in [3.63, 3.8) is 0 Å². The highest BCUT2D eigenvalue weighted by molar-refractivity contribution is 5.72. The fraction of sp³-hybridized carbons (Fsp3) is 0.222. The number of aromatic nitrogens is 1. The molecule has 0 radical (unpaired) electrons. The maximum absolute atomic E-state index is 5.15. The van der Waals surface area contributed by atoms with Gasteiger partial charge in [0.25, 0.3) is 0 Å². The molecule has 0 amide bonds. The number of furan rings is 1. The lowest BCUT2D eigenvalue weighted by Crippen LogP contribution is -1.84. The first-order valence-corrected chi connectivity index (χ1v) is 3.73. The molecule has 0 fully saturated rings. The lowest BCUT2D eigenvalue weighted by molar-refractivity contribution is 0.615. The van der Waals surface area contributed by atoms with E-state index in [-0.39, 0.29) is 0 Å². The third kappa shape index (κ3) is 1.00. The second kappa shape index (κ2) is 2.38. The number of aryl methyl sites for hydroxylation is 1. The normalized spacial score (nSPS) is 10.6. The van der Waals surface area contributed by atoms with Crippen LogP contribution in [0.2, 0.25) is 0 Å². The number of pyridine rings is 1. The summed E-state index contributed by atoms with van der Waals surface area (Å²) in [5.74, 6) is 0. The van der Waals surface area contributed by atoms with Crippen LogP contribution in [0.15, 0.2) is 28.9 Å². The average Bonchev–Trinajstić information content (AvgIpc) is 2.50. The van der Waals surface area contributed by atoms with Crippen molar-refractivity contribution < 1.29 is 4.42 Å². The van der Waals surface area contributed by atoms with Crippen LogP contribution in [0.4, 0.5) is 0 Å². The van der Waals surface area contributed by atoms with E-state index < -0.39 is 0 Å². The summed E-state index contributed by atoms with van der Waals surface area (Å²) in [6, 6.07) is 5.83. The van der Waals surface area contributed by atoms with Crippen molar-refractivity contribution >= 4 is 11.1 Å². The molecule has 2 aromatic heterocycles. The van der Waals surface area contributed by atoms with E-state index >= 15 is 0 Å². The minimum atomic E-state index is 0.863. The van der Waals surface area contributed by atoms with Gasteiger partial charge in [-0.25, -0.2) is 4.98 Å². The lowest BCUT2D eigenvalue weighted by atomic mass is 10.3. The van der Waals surface area contributed by atoms with Crippen LogP contribution >= 0.6 is 0 Å². The van der Waals surface area contributed by atoms with Gasteiger partial charge in [-0.1, -0.05) is 6.92 Å². The second-order valence-electron chi connectivity index (χ2n) is 2.46. The number of nitrogens with zero attached hydrogens (tertiary/aromatic N) is 1. The molecule has 0 aliphatic carbocycles. The lowest BCUT2D eigenvalue weighted by Gasteiger charge is -1.92. The third-order valence-corrected chi connectivity index (χ3v) is 1.73. The maximum atomic E-state index is 5.15. The van der Waals surface area contributed by atoms with Crippen LogP contribution < -0.4 is 0 Å². The first kappa shape index (κ1) is 6.40. The van der Waals surface area contributed by atoms with Gasteiger partial charge in [0.15, 0.2) is 5.58 Å². The van der Waals surface area contributed by atoms with Gasteiger partial charge in [-0.05, 0) is 18.6 Å². The van der Waals surface area contributed by atoms with E-state index in [1.807, 2.05) is 18.2 Å². The first-order valence-electron chi connectivity index (χ1n) is 3.73. The van der Waals surface area contributed by atoms with Gasteiger partial charge in [-0.2, -0.15) is 0 Å². The molecule has 0 unspecified atom stereocenters. The monoisotopic (exact) mass is 147 g/mol. The number of rotatable bonds is 1. The van der Waals surface area contributed by atoms with E-state index in [0.717, 1.165) is 23.2 Å². The van der Waals surface area contributed by atoms with Crippen LogP contribution in [0, 0.1) is 0 Å². The van der Waals surface area contributed by atoms with Crippen LogP contribution in [0.5, 0.6) is 0 Å². The van der Waals surface area contributed by atoms with Crippen molar-refractivity contribution in [3.05, 3.63) is 30.2 Å². The quantitative estimate of drug-likeness (QED) is 0.619. The standard InChI is InChI=1S/C9H9NO/c1-2-7-3-4-9-8(10-7)5-6-11-9/h3-6H,2H2,1H3. The molecule has 0 aliphatic rings. The van der Waals surface area contributed by atoms with Gasteiger partial charge in [0.1, 0.15) is 5.52 Å². The zero-order chi connectivity index (χ0) is 7.68. The topological polar surface area (TPSA) is 26.0 Å². The van der Waals surface area contributed by atoms with Crippen LogP contribution in [0.3, 0.4) is 0 Å². The minimum absolute atomic E-state index is 0.863. The molecule has 0 N–H and O–H groups in total. The average molecular weight is 147 g/mol. The second-order valence-corrected chi connectivity index (χ2v) is 2.46. The van der Waals surface area contributed by atoms with E-state index in [0.29, 0.717) is 0 Å². The molecule has 2 heteroatoms. The fourth-order valence-corrected chi connectivity index (χ4v) is 1.09. The highest BCUT2D eigenvalue weighted by Crippen LogP contribution is 2.12. The molecule has 11 heavy (non-hydrogen) atoms. The predicted molar refractivity (Wildman–Crippen MR) is 43.4 cm³/mol. The highest BCUT2D eigenvalue weighted by atomic mass is 16.3. The maximum Gasteiger partial charge on any atom is 0.152 e. The molecule has 0 saturated carbocycles. The van der Waals surface area contributed by atoms with Crippen molar-refractivity contribution in [2.75, 3.05) is 0 Å². The molecule has 2 nitrogen and oxygen atoms in total. The van der Waals surface area contributed by atoms with Gasteiger partial charge < -0.3 is 4.42 Å². The number of hydrogen-bond acceptors (Lipinski definition) is 2. The van der Waals surface area contributed by atoms with Gasteiger partial charge in [0, 0.05) is 11.8 Å². The summed E-state index contributed by atoms with van der Waals surface area (Å²) >= 11 is 0. The Kier molecular flexibility index (Phi) is 1.39. The molecule has 2 aromatic rings. The van der Waals surface area contributed by atoms with Gasteiger partial charge in [-0.15, -0.1) is 0 Å². The van der Waals surface area contributed by atoms with Crippen LogP contribution in [0.25, 0.3) is 11.1 Å². The van der Waals surface area contributed by atoms with Crippen molar-refractivity contribution in [2.24, 2.45) is 0 Å². The molecule has 0 aromatic carbocycles. The van der Waals surface area contributed by atoms with Gasteiger partial charge in [0.2, 0.25) is 0 Å². The molecule has 0 saturated heterocycles. The zero-order valence-corrected chi connectivity index (χ0v) is 6.37. The third-order valence-electron chi connectivity index (χ3n) is 1.73. The zero-order valence-electron chi connectivity index (χ0n) is 6.37. The molecule has 0 spiro atoms. The van der Waals surface area contributed by atoms with E-state index in [9.17, 15) is 0 Å². The molecular weight excluding hydrogens is 138 g/mol. The Hall–Kier alpha value is -1.31. The summed E-state index contributed by atoms with van der Waals surface area (Å²) in [5.41, 5.74) is 2.92.